The molecule has 0 aliphatic carbocycles. The molecule has 1 amide bonds. The number of ether oxygens (including phenoxy) is 1. The van der Waals surface area contributed by atoms with E-state index in [1.807, 2.05) is 0 Å². The van der Waals surface area contributed by atoms with Gasteiger partial charge in [-0.05, 0) is 77.0 Å². The molecule has 79 heavy (non-hydrogen) atoms. The van der Waals surface area contributed by atoms with E-state index in [0.717, 1.165) is 38.5 Å². The average molecular weight is 1110 g/mol. The molecule has 0 fully saturated rings. The number of esters is 1. The number of aliphatic hydroxyl groups is 2. The predicted molar refractivity (Wildman–Crippen MR) is 347 cm³/mol. The molecule has 468 valence electrons. The summed E-state index contributed by atoms with van der Waals surface area (Å²) in [4.78, 5) is 24.6. The van der Waals surface area contributed by atoms with Crippen LogP contribution in [0.3, 0.4) is 0 Å². The fraction of sp³-hybridized carbons (Fsp3) is 0.918. The number of carbonyl (C=O) groups excluding carboxylic acids is 2. The molecule has 0 rings (SSSR count). The lowest BCUT2D eigenvalue weighted by Crippen LogP contribution is -2.45. The topological polar surface area (TPSA) is 95.9 Å². The number of rotatable bonds is 68. The van der Waals surface area contributed by atoms with Crippen molar-refractivity contribution in [3.05, 3.63) is 24.3 Å². The van der Waals surface area contributed by atoms with Crippen LogP contribution in [0.5, 0.6) is 0 Å². The van der Waals surface area contributed by atoms with Crippen molar-refractivity contribution in [1.29, 1.82) is 0 Å². The van der Waals surface area contributed by atoms with Gasteiger partial charge in [0.15, 0.2) is 0 Å². The molecule has 0 aromatic heterocycles. The number of carbonyl (C=O) groups is 2. The van der Waals surface area contributed by atoms with Crippen molar-refractivity contribution in [2.24, 2.45) is 0 Å². The summed E-state index contributed by atoms with van der Waals surface area (Å²) in [6.45, 7) is 4.98. The van der Waals surface area contributed by atoms with Crippen molar-refractivity contribution in [2.45, 2.75) is 418 Å². The van der Waals surface area contributed by atoms with Gasteiger partial charge in [-0.1, -0.05) is 340 Å². The van der Waals surface area contributed by atoms with E-state index in [1.54, 1.807) is 0 Å². The van der Waals surface area contributed by atoms with E-state index in [-0.39, 0.29) is 18.5 Å². The van der Waals surface area contributed by atoms with E-state index in [9.17, 15) is 19.8 Å². The molecular weight excluding hydrogens is 971 g/mol. The maximum Gasteiger partial charge on any atom is 0.305 e. The maximum absolute atomic E-state index is 12.5. The van der Waals surface area contributed by atoms with E-state index < -0.39 is 12.1 Å². The summed E-state index contributed by atoms with van der Waals surface area (Å²) in [5, 5.41) is 23.3. The highest BCUT2D eigenvalue weighted by Crippen LogP contribution is 2.19. The SMILES string of the molecule is CCCCCCCC/C=C\CCCCCCCCCCCC(=O)OCCCCCCCCCCCCCC/C=C\CCCCCCCCCCCCCCCCCC(=O)NC(CO)C(O)CCCCCCCCCCCCCC. The van der Waals surface area contributed by atoms with E-state index in [4.69, 9.17) is 4.74 Å². The van der Waals surface area contributed by atoms with Crippen molar-refractivity contribution >= 4 is 11.9 Å². The van der Waals surface area contributed by atoms with Crippen molar-refractivity contribution in [3.63, 3.8) is 0 Å². The smallest absolute Gasteiger partial charge is 0.305 e. The fourth-order valence-corrected chi connectivity index (χ4v) is 11.5. The van der Waals surface area contributed by atoms with E-state index in [1.165, 1.54) is 334 Å². The van der Waals surface area contributed by atoms with Gasteiger partial charge >= 0.3 is 5.97 Å². The summed E-state index contributed by atoms with van der Waals surface area (Å²) in [6, 6.07) is -0.538. The normalized spacial score (nSPS) is 12.6. The summed E-state index contributed by atoms with van der Waals surface area (Å²) in [5.74, 6) is -0.0134. The summed E-state index contributed by atoms with van der Waals surface area (Å²) in [7, 11) is 0. The second-order valence-corrected chi connectivity index (χ2v) is 24.9. The van der Waals surface area contributed by atoms with Gasteiger partial charge in [0.2, 0.25) is 5.91 Å². The van der Waals surface area contributed by atoms with Gasteiger partial charge in [0.25, 0.3) is 0 Å². The zero-order valence-corrected chi connectivity index (χ0v) is 53.6. The van der Waals surface area contributed by atoms with Crippen LogP contribution >= 0.6 is 0 Å². The molecule has 2 atom stereocenters. The third-order valence-electron chi connectivity index (χ3n) is 17.0. The Hall–Kier alpha value is -1.66. The molecule has 6 heteroatoms. The molecule has 0 spiro atoms. The number of unbranched alkanes of at least 4 members (excludes halogenated alkanes) is 53. The van der Waals surface area contributed by atoms with E-state index in [2.05, 4.69) is 43.5 Å². The molecule has 0 aromatic rings. The second kappa shape index (κ2) is 68.8. The summed E-state index contributed by atoms with van der Waals surface area (Å²) >= 11 is 0. The quantitative estimate of drug-likeness (QED) is 0.0320. The first-order valence-electron chi connectivity index (χ1n) is 36.1. The Bertz CT molecular complexity index is 1230. The number of amides is 1. The lowest BCUT2D eigenvalue weighted by Gasteiger charge is -2.22. The number of allylic oxidation sites excluding steroid dienone is 4. The first kappa shape index (κ1) is 77.3. The third-order valence-corrected chi connectivity index (χ3v) is 17.0. The lowest BCUT2D eigenvalue weighted by atomic mass is 10.0. The monoisotopic (exact) mass is 1110 g/mol. The van der Waals surface area contributed by atoms with Crippen LogP contribution in [0.25, 0.3) is 0 Å². The van der Waals surface area contributed by atoms with Crippen molar-refractivity contribution in [2.75, 3.05) is 13.2 Å². The van der Waals surface area contributed by atoms with Gasteiger partial charge in [0.1, 0.15) is 0 Å². The van der Waals surface area contributed by atoms with Gasteiger partial charge in [-0.15, -0.1) is 0 Å². The van der Waals surface area contributed by atoms with Crippen LogP contribution in [0.15, 0.2) is 24.3 Å². The zero-order chi connectivity index (χ0) is 57.1. The number of hydrogen-bond acceptors (Lipinski definition) is 5. The Kier molecular flexibility index (Phi) is 67.4. The molecular formula is C73H141NO5. The minimum atomic E-state index is -0.661. The Morgan fingerprint density at radius 3 is 0.899 bits per heavy atom. The van der Waals surface area contributed by atoms with Gasteiger partial charge in [-0.25, -0.2) is 0 Å². The van der Waals surface area contributed by atoms with Crippen LogP contribution in [0.2, 0.25) is 0 Å². The van der Waals surface area contributed by atoms with Gasteiger partial charge in [0.05, 0.1) is 25.4 Å². The molecule has 0 saturated carbocycles. The number of hydrogen-bond donors (Lipinski definition) is 3. The van der Waals surface area contributed by atoms with Crippen LogP contribution in [-0.4, -0.2) is 47.4 Å². The molecule has 3 N–H and O–H groups in total. The van der Waals surface area contributed by atoms with E-state index in [0.29, 0.717) is 25.9 Å². The standard InChI is InChI=1S/C73H141NO5/c1-3-5-7-9-11-13-15-17-18-19-33-37-40-43-47-51-55-59-63-67-73(78)79-68-64-60-56-52-48-44-41-38-35-32-30-28-26-24-22-20-21-23-25-27-29-31-34-36-39-42-46-50-54-58-62-66-72(77)74-70(69-75)71(76)65-61-57-53-49-45-16-14-12-10-8-6-4-2/h17-18,22,24,70-71,75-76H,3-16,19-21,23,25-69H2,1-2H3,(H,74,77)/b18-17-,24-22-. The molecule has 0 aliphatic heterocycles. The molecule has 0 heterocycles. The number of aliphatic hydroxyl groups excluding tert-OH is 2. The van der Waals surface area contributed by atoms with Crippen LogP contribution in [0.1, 0.15) is 406 Å². The molecule has 0 radical (unpaired) electrons. The minimum absolute atomic E-state index is 0.0180. The number of nitrogens with one attached hydrogen (secondary N) is 1. The molecule has 0 bridgehead atoms. The molecule has 0 saturated heterocycles. The second-order valence-electron chi connectivity index (χ2n) is 24.9. The van der Waals surface area contributed by atoms with E-state index >= 15 is 0 Å². The van der Waals surface area contributed by atoms with Crippen molar-refractivity contribution in [1.82, 2.24) is 5.32 Å². The Morgan fingerprint density at radius 2 is 0.595 bits per heavy atom. The van der Waals surface area contributed by atoms with Crippen LogP contribution in [0, 0.1) is 0 Å². The molecule has 6 nitrogen and oxygen atoms in total. The Balaban J connectivity index is 3.33. The lowest BCUT2D eigenvalue weighted by molar-refractivity contribution is -0.143. The Morgan fingerprint density at radius 1 is 0.342 bits per heavy atom. The van der Waals surface area contributed by atoms with Gasteiger partial charge < -0.3 is 20.3 Å². The van der Waals surface area contributed by atoms with Crippen LogP contribution < -0.4 is 5.32 Å². The predicted octanol–water partition coefficient (Wildman–Crippen LogP) is 23.3. The highest BCUT2D eigenvalue weighted by Gasteiger charge is 2.20. The van der Waals surface area contributed by atoms with Crippen LogP contribution in [0.4, 0.5) is 0 Å². The highest BCUT2D eigenvalue weighted by atomic mass is 16.5. The highest BCUT2D eigenvalue weighted by molar-refractivity contribution is 5.76. The van der Waals surface area contributed by atoms with Crippen molar-refractivity contribution in [3.8, 4) is 0 Å². The zero-order valence-electron chi connectivity index (χ0n) is 53.6. The molecule has 0 aliphatic rings. The first-order valence-corrected chi connectivity index (χ1v) is 36.1. The van der Waals surface area contributed by atoms with Crippen LogP contribution in [-0.2, 0) is 14.3 Å². The minimum Gasteiger partial charge on any atom is -0.466 e. The maximum atomic E-state index is 12.5. The first-order chi connectivity index (χ1) is 39.0. The fourth-order valence-electron chi connectivity index (χ4n) is 11.5. The third kappa shape index (κ3) is 65.4. The van der Waals surface area contributed by atoms with Crippen molar-refractivity contribution < 1.29 is 24.5 Å². The molecule has 2 unspecified atom stereocenters. The summed E-state index contributed by atoms with van der Waals surface area (Å²) < 4.78 is 5.51. The Labute approximate surface area is 494 Å². The summed E-state index contributed by atoms with van der Waals surface area (Å²) in [5.41, 5.74) is 0. The summed E-state index contributed by atoms with van der Waals surface area (Å²) in [6.07, 6.45) is 86.7. The molecule has 0 aromatic carbocycles. The van der Waals surface area contributed by atoms with Gasteiger partial charge in [-0.2, -0.15) is 0 Å². The largest absolute Gasteiger partial charge is 0.466 e. The van der Waals surface area contributed by atoms with Gasteiger partial charge in [0, 0.05) is 12.8 Å². The average Bonchev–Trinajstić information content (AvgIpc) is 3.45. The van der Waals surface area contributed by atoms with Gasteiger partial charge in [-0.3, -0.25) is 9.59 Å².